The Balaban J connectivity index is 1.57. The molecular weight excluding hydrogens is 335 g/mol. The number of anilines is 1. The van der Waals surface area contributed by atoms with Crippen LogP contribution in [0.3, 0.4) is 0 Å². The Bertz CT molecular complexity index is 706. The summed E-state index contributed by atoms with van der Waals surface area (Å²) in [6, 6.07) is 0.235. The molecule has 1 amide bonds. The van der Waals surface area contributed by atoms with Crippen molar-refractivity contribution in [2.24, 2.45) is 0 Å². The van der Waals surface area contributed by atoms with Gasteiger partial charge in [-0.2, -0.15) is 0 Å². The third kappa shape index (κ3) is 2.91. The molecule has 2 aliphatic heterocycles. The standard InChI is InChI=1S/C19H27FN4O2/c1-11-7-14(20)16-15(11)17(22-10-21-16)23-8-12-5-6-13(9-23)24(12)18(25)26-19(2,3)4/h10-14H,5-9H2,1-4H3/t11-,12-,13+,14-/m1/s1. The number of alkyl halides is 1. The molecule has 1 aromatic heterocycles. The minimum absolute atomic E-state index is 0.118. The van der Waals surface area contributed by atoms with Crippen LogP contribution < -0.4 is 4.90 Å². The molecular formula is C19H27FN4O2. The first-order valence-electron chi connectivity index (χ1n) is 9.49. The van der Waals surface area contributed by atoms with Gasteiger partial charge < -0.3 is 9.64 Å². The van der Waals surface area contributed by atoms with E-state index in [0.717, 1.165) is 24.2 Å². The molecule has 2 saturated heterocycles. The Morgan fingerprint density at radius 1 is 1.23 bits per heavy atom. The highest BCUT2D eigenvalue weighted by atomic mass is 19.1. The fourth-order valence-corrected chi connectivity index (χ4v) is 4.60. The normalized spacial score (nSPS) is 30.5. The van der Waals surface area contributed by atoms with Crippen molar-refractivity contribution in [3.8, 4) is 0 Å². The summed E-state index contributed by atoms with van der Waals surface area (Å²) in [5.74, 6) is 0.973. The van der Waals surface area contributed by atoms with Crippen LogP contribution in [0.25, 0.3) is 0 Å². The first-order chi connectivity index (χ1) is 12.2. The number of halogens is 1. The van der Waals surface area contributed by atoms with Crippen LogP contribution in [0.1, 0.15) is 70.3 Å². The first-order valence-corrected chi connectivity index (χ1v) is 9.49. The quantitative estimate of drug-likeness (QED) is 0.764. The second-order valence-electron chi connectivity index (χ2n) is 8.78. The lowest BCUT2D eigenvalue weighted by Crippen LogP contribution is -2.57. The van der Waals surface area contributed by atoms with E-state index in [1.165, 1.54) is 6.33 Å². The number of aromatic nitrogens is 2. The maximum absolute atomic E-state index is 14.2. The van der Waals surface area contributed by atoms with E-state index in [4.69, 9.17) is 4.74 Å². The number of hydrogen-bond acceptors (Lipinski definition) is 5. The molecule has 0 radical (unpaired) electrons. The zero-order chi connectivity index (χ0) is 18.6. The van der Waals surface area contributed by atoms with E-state index >= 15 is 0 Å². The minimum Gasteiger partial charge on any atom is -0.444 e. The van der Waals surface area contributed by atoms with E-state index in [0.29, 0.717) is 25.2 Å². The van der Waals surface area contributed by atoms with Gasteiger partial charge in [0, 0.05) is 18.7 Å². The number of nitrogens with zero attached hydrogens (tertiary/aromatic N) is 4. The van der Waals surface area contributed by atoms with Crippen LogP contribution in [0.15, 0.2) is 6.33 Å². The van der Waals surface area contributed by atoms with Crippen molar-refractivity contribution in [2.75, 3.05) is 18.0 Å². The largest absolute Gasteiger partial charge is 0.444 e. The van der Waals surface area contributed by atoms with Crippen LogP contribution in [-0.2, 0) is 4.74 Å². The molecule has 2 fully saturated rings. The van der Waals surface area contributed by atoms with Crippen molar-refractivity contribution in [1.29, 1.82) is 0 Å². The fraction of sp³-hybridized carbons (Fsp3) is 0.737. The molecule has 3 heterocycles. The van der Waals surface area contributed by atoms with Crippen LogP contribution in [0.4, 0.5) is 15.0 Å². The zero-order valence-electron chi connectivity index (χ0n) is 15.9. The average Bonchev–Trinajstić information content (AvgIpc) is 2.99. The second kappa shape index (κ2) is 6.06. The van der Waals surface area contributed by atoms with Gasteiger partial charge in [0.2, 0.25) is 0 Å². The summed E-state index contributed by atoms with van der Waals surface area (Å²) in [7, 11) is 0. The van der Waals surface area contributed by atoms with Gasteiger partial charge in [-0.05, 0) is 46.0 Å². The Morgan fingerprint density at radius 2 is 1.88 bits per heavy atom. The highest BCUT2D eigenvalue weighted by Gasteiger charge is 2.46. The van der Waals surface area contributed by atoms with E-state index in [1.807, 2.05) is 32.6 Å². The summed E-state index contributed by atoms with van der Waals surface area (Å²) in [4.78, 5) is 25.4. The number of piperazine rings is 1. The van der Waals surface area contributed by atoms with E-state index < -0.39 is 11.8 Å². The number of fused-ring (bicyclic) bond motifs is 3. The van der Waals surface area contributed by atoms with E-state index in [1.54, 1.807) is 0 Å². The van der Waals surface area contributed by atoms with Crippen molar-refractivity contribution in [3.63, 3.8) is 0 Å². The predicted molar refractivity (Wildman–Crippen MR) is 96.0 cm³/mol. The van der Waals surface area contributed by atoms with Gasteiger partial charge in [0.1, 0.15) is 23.9 Å². The highest BCUT2D eigenvalue weighted by molar-refractivity contribution is 5.70. The van der Waals surface area contributed by atoms with Crippen molar-refractivity contribution >= 4 is 11.9 Å². The van der Waals surface area contributed by atoms with Gasteiger partial charge in [0.05, 0.1) is 17.8 Å². The molecule has 0 saturated carbocycles. The first kappa shape index (κ1) is 17.5. The Kier molecular flexibility index (Phi) is 4.08. The summed E-state index contributed by atoms with van der Waals surface area (Å²) in [5.41, 5.74) is 1.00. The van der Waals surface area contributed by atoms with Crippen molar-refractivity contribution in [2.45, 2.75) is 76.7 Å². The summed E-state index contributed by atoms with van der Waals surface area (Å²) in [6.45, 7) is 9.13. The summed E-state index contributed by atoms with van der Waals surface area (Å²) < 4.78 is 19.8. The smallest absolute Gasteiger partial charge is 0.410 e. The molecule has 3 aliphatic rings. The maximum Gasteiger partial charge on any atom is 0.410 e. The number of carbonyl (C=O) groups is 1. The second-order valence-corrected chi connectivity index (χ2v) is 8.78. The summed E-state index contributed by atoms with van der Waals surface area (Å²) in [6.07, 6.45) is 2.66. The van der Waals surface area contributed by atoms with Gasteiger partial charge in [0.15, 0.2) is 0 Å². The minimum atomic E-state index is -0.999. The molecule has 0 unspecified atom stereocenters. The molecule has 26 heavy (non-hydrogen) atoms. The van der Waals surface area contributed by atoms with Crippen molar-refractivity contribution in [1.82, 2.24) is 14.9 Å². The van der Waals surface area contributed by atoms with Crippen molar-refractivity contribution < 1.29 is 13.9 Å². The lowest BCUT2D eigenvalue weighted by molar-refractivity contribution is 0.0122. The topological polar surface area (TPSA) is 58.6 Å². The number of ether oxygens (including phenoxy) is 1. The Hall–Kier alpha value is -1.92. The Labute approximate surface area is 153 Å². The molecule has 4 atom stereocenters. The average molecular weight is 362 g/mol. The molecule has 2 bridgehead atoms. The molecule has 0 aromatic carbocycles. The van der Waals surface area contributed by atoms with E-state index in [2.05, 4.69) is 14.9 Å². The molecule has 142 valence electrons. The van der Waals surface area contributed by atoms with Crippen LogP contribution in [0.2, 0.25) is 0 Å². The van der Waals surface area contributed by atoms with Crippen LogP contribution in [-0.4, -0.2) is 51.7 Å². The molecule has 1 aromatic rings. The SMILES string of the molecule is C[C@@H]1C[C@@H](F)c2ncnc(N3C[C@H]4CC[C@@H](C3)N4C(=O)OC(C)(C)C)c21. The van der Waals surface area contributed by atoms with Crippen LogP contribution in [0, 0.1) is 0 Å². The van der Waals surface area contributed by atoms with Gasteiger partial charge in [0.25, 0.3) is 0 Å². The van der Waals surface area contributed by atoms with Crippen molar-refractivity contribution in [3.05, 3.63) is 17.6 Å². The van der Waals surface area contributed by atoms with Gasteiger partial charge in [-0.1, -0.05) is 6.92 Å². The van der Waals surface area contributed by atoms with Crippen LogP contribution >= 0.6 is 0 Å². The molecule has 6 nitrogen and oxygen atoms in total. The monoisotopic (exact) mass is 362 g/mol. The van der Waals surface area contributed by atoms with Gasteiger partial charge in [-0.3, -0.25) is 4.90 Å². The maximum atomic E-state index is 14.2. The molecule has 1 aliphatic carbocycles. The number of rotatable bonds is 1. The van der Waals surface area contributed by atoms with Crippen LogP contribution in [0.5, 0.6) is 0 Å². The number of amides is 1. The molecule has 0 N–H and O–H groups in total. The summed E-state index contributed by atoms with van der Waals surface area (Å²) in [5, 5.41) is 0. The lowest BCUT2D eigenvalue weighted by atomic mass is 10.0. The molecule has 4 rings (SSSR count). The number of carbonyl (C=O) groups excluding carboxylic acids is 1. The summed E-state index contributed by atoms with van der Waals surface area (Å²) >= 11 is 0. The highest BCUT2D eigenvalue weighted by Crippen LogP contribution is 2.45. The van der Waals surface area contributed by atoms with Gasteiger partial charge >= 0.3 is 6.09 Å². The third-order valence-electron chi connectivity index (χ3n) is 5.63. The predicted octanol–water partition coefficient (Wildman–Crippen LogP) is 3.58. The van der Waals surface area contributed by atoms with E-state index in [-0.39, 0.29) is 24.1 Å². The van der Waals surface area contributed by atoms with Gasteiger partial charge in [-0.25, -0.2) is 19.2 Å². The van der Waals surface area contributed by atoms with E-state index in [9.17, 15) is 9.18 Å². The molecule has 0 spiro atoms. The molecule has 7 heteroatoms. The zero-order valence-corrected chi connectivity index (χ0v) is 15.9. The Morgan fingerprint density at radius 3 is 2.50 bits per heavy atom. The fourth-order valence-electron chi connectivity index (χ4n) is 4.60. The third-order valence-corrected chi connectivity index (χ3v) is 5.63. The lowest BCUT2D eigenvalue weighted by Gasteiger charge is -2.42. The number of hydrogen-bond donors (Lipinski definition) is 0. The van der Waals surface area contributed by atoms with Gasteiger partial charge in [-0.15, -0.1) is 0 Å².